The molecule has 7 nitrogen and oxygen atoms in total. The van der Waals surface area contributed by atoms with Gasteiger partial charge in [0.1, 0.15) is 6.26 Å². The predicted molar refractivity (Wildman–Crippen MR) is 145 cm³/mol. The van der Waals surface area contributed by atoms with Gasteiger partial charge in [-0.2, -0.15) is 3.97 Å². The fourth-order valence-electron chi connectivity index (χ4n) is 4.81. The van der Waals surface area contributed by atoms with Crippen molar-refractivity contribution in [1.82, 2.24) is 14.3 Å². The van der Waals surface area contributed by atoms with Crippen LogP contribution in [0.4, 0.5) is 5.13 Å². The van der Waals surface area contributed by atoms with Gasteiger partial charge in [-0.25, -0.2) is 4.98 Å². The lowest BCUT2D eigenvalue weighted by atomic mass is 9.82. The van der Waals surface area contributed by atoms with Crippen LogP contribution in [0.1, 0.15) is 66.8 Å². The highest BCUT2D eigenvalue weighted by molar-refractivity contribution is 7.89. The van der Waals surface area contributed by atoms with E-state index in [4.69, 9.17) is 4.98 Å². The van der Waals surface area contributed by atoms with Crippen LogP contribution in [0.2, 0.25) is 0 Å². The van der Waals surface area contributed by atoms with E-state index < -0.39 is 11.4 Å². The summed E-state index contributed by atoms with van der Waals surface area (Å²) in [5.74, 6) is 0.308. The van der Waals surface area contributed by atoms with Crippen molar-refractivity contribution in [1.29, 1.82) is 0 Å². The first-order valence-corrected chi connectivity index (χ1v) is 14.9. The van der Waals surface area contributed by atoms with Crippen molar-refractivity contribution in [2.75, 3.05) is 18.1 Å². The Hall–Kier alpha value is -2.59. The van der Waals surface area contributed by atoms with Crippen molar-refractivity contribution in [2.45, 2.75) is 57.0 Å². The first-order valence-electron chi connectivity index (χ1n) is 12.5. The molecule has 190 valence electrons. The maximum atomic E-state index is 12.6. The van der Waals surface area contributed by atoms with E-state index in [0.717, 1.165) is 67.0 Å². The van der Waals surface area contributed by atoms with E-state index in [0.29, 0.717) is 18.0 Å². The molecule has 1 amide bonds. The smallest absolute Gasteiger partial charge is 0.253 e. The second-order valence-corrected chi connectivity index (χ2v) is 11.7. The average Bonchev–Trinajstić information content (AvgIpc) is 3.52. The summed E-state index contributed by atoms with van der Waals surface area (Å²) in [5, 5.41) is 19.2. The number of thiazole rings is 1. The highest BCUT2D eigenvalue weighted by Gasteiger charge is 2.22. The molecule has 2 heterocycles. The summed E-state index contributed by atoms with van der Waals surface area (Å²) in [5.41, 5.74) is 6.18. The number of aromatic nitrogens is 2. The number of aliphatic hydroxyl groups excluding tert-OH is 1. The molecular formula is C27H32N4O3S2. The minimum absolute atomic E-state index is 0.150. The SMILES string of the molecule is C[S+]([O-])n1ccc(C(=O)NCC(Nc2nc(-c3cccc(C4CCC(O)CC4)c3)cs2)=C2CCC2)c1. The second kappa shape index (κ2) is 11.2. The maximum Gasteiger partial charge on any atom is 0.253 e. The molecule has 2 aliphatic rings. The molecule has 0 spiro atoms. The Morgan fingerprint density at radius 3 is 2.75 bits per heavy atom. The molecule has 2 fully saturated rings. The van der Waals surface area contributed by atoms with Crippen LogP contribution < -0.4 is 10.6 Å². The minimum Gasteiger partial charge on any atom is -0.593 e. The van der Waals surface area contributed by atoms with Crippen LogP contribution in [0.5, 0.6) is 0 Å². The summed E-state index contributed by atoms with van der Waals surface area (Å²) in [6.07, 6.45) is 11.7. The predicted octanol–water partition coefficient (Wildman–Crippen LogP) is 5.05. The summed E-state index contributed by atoms with van der Waals surface area (Å²) in [6, 6.07) is 10.3. The van der Waals surface area contributed by atoms with E-state index >= 15 is 0 Å². The Morgan fingerprint density at radius 1 is 1.25 bits per heavy atom. The van der Waals surface area contributed by atoms with Crippen LogP contribution in [0.15, 0.2) is 59.4 Å². The van der Waals surface area contributed by atoms with Gasteiger partial charge in [0.25, 0.3) is 5.91 Å². The molecule has 1 aromatic carbocycles. The Labute approximate surface area is 219 Å². The molecule has 5 rings (SSSR count). The molecule has 2 aliphatic carbocycles. The van der Waals surface area contributed by atoms with Crippen molar-refractivity contribution in [2.24, 2.45) is 0 Å². The Kier molecular flexibility index (Phi) is 7.81. The van der Waals surface area contributed by atoms with Gasteiger partial charge in [0.05, 0.1) is 47.7 Å². The maximum absolute atomic E-state index is 12.6. The fourth-order valence-corrected chi connectivity index (χ4v) is 6.05. The van der Waals surface area contributed by atoms with Gasteiger partial charge in [-0.3, -0.25) is 4.79 Å². The molecule has 1 atom stereocenters. The first kappa shape index (κ1) is 25.1. The van der Waals surface area contributed by atoms with Crippen LogP contribution in [-0.2, 0) is 11.4 Å². The van der Waals surface area contributed by atoms with Crippen LogP contribution in [0, 0.1) is 0 Å². The third kappa shape index (κ3) is 5.86. The zero-order valence-corrected chi connectivity index (χ0v) is 22.0. The lowest BCUT2D eigenvalue weighted by Gasteiger charge is -2.25. The largest absolute Gasteiger partial charge is 0.593 e. The normalized spacial score (nSPS) is 20.5. The van der Waals surface area contributed by atoms with Crippen molar-refractivity contribution < 1.29 is 14.5 Å². The van der Waals surface area contributed by atoms with Crippen LogP contribution in [0.3, 0.4) is 0 Å². The number of anilines is 1. The van der Waals surface area contributed by atoms with E-state index in [1.165, 1.54) is 15.1 Å². The molecule has 3 aromatic rings. The number of amides is 1. The summed E-state index contributed by atoms with van der Waals surface area (Å²) in [7, 11) is 0. The van der Waals surface area contributed by atoms with Gasteiger partial charge in [0, 0.05) is 16.6 Å². The van der Waals surface area contributed by atoms with Crippen LogP contribution in [0.25, 0.3) is 11.3 Å². The van der Waals surface area contributed by atoms with Crippen LogP contribution >= 0.6 is 11.3 Å². The molecule has 0 aliphatic heterocycles. The van der Waals surface area contributed by atoms with E-state index in [1.807, 2.05) is 0 Å². The van der Waals surface area contributed by atoms with E-state index in [2.05, 4.69) is 40.3 Å². The first-order chi connectivity index (χ1) is 17.5. The highest BCUT2D eigenvalue weighted by atomic mass is 32.2. The molecular weight excluding hydrogens is 492 g/mol. The molecule has 0 radical (unpaired) electrons. The molecule has 3 N–H and O–H groups in total. The number of allylic oxidation sites excluding steroid dienone is 1. The zero-order valence-electron chi connectivity index (χ0n) is 20.4. The highest BCUT2D eigenvalue weighted by Crippen LogP contribution is 2.36. The van der Waals surface area contributed by atoms with Gasteiger partial charge in [0.2, 0.25) is 0 Å². The van der Waals surface area contributed by atoms with E-state index in [9.17, 15) is 14.5 Å². The number of benzene rings is 1. The number of rotatable bonds is 8. The zero-order chi connectivity index (χ0) is 25.1. The number of nitrogens with one attached hydrogen (secondary N) is 2. The van der Waals surface area contributed by atoms with Crippen molar-refractivity contribution in [3.8, 4) is 11.3 Å². The summed E-state index contributed by atoms with van der Waals surface area (Å²) >= 11 is 0.380. The number of hydrogen-bond donors (Lipinski definition) is 3. The summed E-state index contributed by atoms with van der Waals surface area (Å²) in [6.45, 7) is 0.395. The molecule has 36 heavy (non-hydrogen) atoms. The van der Waals surface area contributed by atoms with Gasteiger partial charge in [-0.15, -0.1) is 11.3 Å². The third-order valence-electron chi connectivity index (χ3n) is 7.15. The fraction of sp³-hybridized carbons (Fsp3) is 0.407. The lowest BCUT2D eigenvalue weighted by molar-refractivity contribution is 0.0957. The molecule has 9 heteroatoms. The lowest BCUT2D eigenvalue weighted by Crippen LogP contribution is -2.29. The van der Waals surface area contributed by atoms with Gasteiger partial charge < -0.3 is 20.3 Å². The van der Waals surface area contributed by atoms with E-state index in [-0.39, 0.29) is 12.0 Å². The molecule has 0 saturated heterocycles. The summed E-state index contributed by atoms with van der Waals surface area (Å²) < 4.78 is 13.1. The number of carbonyl (C=O) groups excluding carboxylic acids is 1. The van der Waals surface area contributed by atoms with Crippen LogP contribution in [-0.4, -0.2) is 43.4 Å². The summed E-state index contributed by atoms with van der Waals surface area (Å²) in [4.78, 5) is 17.5. The molecule has 2 saturated carbocycles. The standard InChI is InChI=1S/C27H32N4O3S2/c1-36(34)31-13-12-22(16-31)26(33)28-15-24(19-4-2-5-19)29-27-30-25(17-35-27)21-7-3-6-20(14-21)18-8-10-23(32)11-9-18/h3,6-7,12-14,16-18,23,32H,2,4-5,8-11,15H2,1H3,(H,28,33)(H,29,30). The quantitative estimate of drug-likeness (QED) is 0.358. The van der Waals surface area contributed by atoms with E-state index in [1.54, 1.807) is 36.1 Å². The third-order valence-corrected chi connectivity index (χ3v) is 8.73. The van der Waals surface area contributed by atoms with Crippen molar-refractivity contribution in [3.63, 3.8) is 0 Å². The number of hydrogen-bond acceptors (Lipinski definition) is 6. The van der Waals surface area contributed by atoms with Gasteiger partial charge in [0.15, 0.2) is 5.13 Å². The second-order valence-electron chi connectivity index (χ2n) is 9.60. The van der Waals surface area contributed by atoms with Gasteiger partial charge in [-0.1, -0.05) is 18.2 Å². The molecule has 2 aromatic heterocycles. The average molecular weight is 525 g/mol. The van der Waals surface area contributed by atoms with Gasteiger partial charge in [-0.05, 0) is 74.1 Å². The molecule has 0 bridgehead atoms. The Morgan fingerprint density at radius 2 is 2.06 bits per heavy atom. The Bertz CT molecular complexity index is 1240. The monoisotopic (exact) mass is 524 g/mol. The van der Waals surface area contributed by atoms with Gasteiger partial charge >= 0.3 is 0 Å². The molecule has 1 unspecified atom stereocenters. The topological polar surface area (TPSA) is 102 Å². The minimum atomic E-state index is -1.18. The van der Waals surface area contributed by atoms with Crippen molar-refractivity contribution >= 4 is 33.7 Å². The van der Waals surface area contributed by atoms with Crippen molar-refractivity contribution in [3.05, 3.63) is 70.5 Å². The number of nitrogens with zero attached hydrogens (tertiary/aromatic N) is 2. The number of carbonyl (C=O) groups is 1. The Balaban J connectivity index is 1.25. The number of aliphatic hydroxyl groups is 1.